The Morgan fingerprint density at radius 1 is 0.926 bits per heavy atom. The van der Waals surface area contributed by atoms with E-state index >= 15 is 0 Å². The van der Waals surface area contributed by atoms with Crippen LogP contribution in [0.25, 0.3) is 0 Å². The Balaban J connectivity index is 1.75. The van der Waals surface area contributed by atoms with Crippen LogP contribution in [0.15, 0.2) is 36.4 Å². The van der Waals surface area contributed by atoms with Gasteiger partial charge in [-0.1, -0.05) is 44.4 Å². The third-order valence-electron chi connectivity index (χ3n) is 6.78. The van der Waals surface area contributed by atoms with Crippen molar-refractivity contribution in [1.29, 1.82) is 0 Å². The molecule has 27 heavy (non-hydrogen) atoms. The maximum Gasteiger partial charge on any atom is 0.122 e. The van der Waals surface area contributed by atoms with E-state index in [1.54, 1.807) is 18.2 Å². The van der Waals surface area contributed by atoms with Gasteiger partial charge >= 0.3 is 0 Å². The molecule has 4 rings (SSSR count). The summed E-state index contributed by atoms with van der Waals surface area (Å²) < 4.78 is 11.1. The van der Waals surface area contributed by atoms with Crippen LogP contribution in [-0.2, 0) is 12.8 Å². The van der Waals surface area contributed by atoms with Crippen molar-refractivity contribution in [1.82, 2.24) is 0 Å². The minimum Gasteiger partial charge on any atom is -0.497 e. The lowest BCUT2D eigenvalue weighted by Gasteiger charge is -2.43. The molecule has 0 N–H and O–H groups in total. The number of fused-ring (bicyclic) bond motifs is 3. The van der Waals surface area contributed by atoms with Gasteiger partial charge in [-0.2, -0.15) is 0 Å². The third kappa shape index (κ3) is 3.47. The van der Waals surface area contributed by atoms with Gasteiger partial charge in [0.2, 0.25) is 0 Å². The van der Waals surface area contributed by atoms with Crippen LogP contribution in [0.5, 0.6) is 11.5 Å². The van der Waals surface area contributed by atoms with Gasteiger partial charge in [0, 0.05) is 0 Å². The van der Waals surface area contributed by atoms with Gasteiger partial charge in [-0.25, -0.2) is 0 Å². The predicted molar refractivity (Wildman–Crippen MR) is 111 cm³/mol. The molecule has 0 saturated heterocycles. The lowest BCUT2D eigenvalue weighted by Crippen LogP contribution is -2.31. The topological polar surface area (TPSA) is 18.5 Å². The molecule has 2 nitrogen and oxygen atoms in total. The molecule has 1 saturated carbocycles. The fraction of sp³-hybridized carbons (Fsp3) is 0.520. The van der Waals surface area contributed by atoms with Crippen LogP contribution >= 0.6 is 0 Å². The average Bonchev–Trinajstić information content (AvgIpc) is 2.73. The first-order chi connectivity index (χ1) is 13.2. The molecule has 0 aromatic heterocycles. The Bertz CT molecular complexity index is 778. The standard InChI is InChI=1S/C25H32O2/c1-4-7-18-14-19-15-23(17-10-12-20(26-2)13-11-17)21-8-5-6-9-22(21)24(19)16-25(18)27-3/h10-14,16,21-23H,4-9,15H2,1-3H3/t21-,22+,23-/m0/s1. The zero-order valence-corrected chi connectivity index (χ0v) is 17.0. The van der Waals surface area contributed by atoms with E-state index in [-0.39, 0.29) is 0 Å². The Hall–Kier alpha value is -1.96. The van der Waals surface area contributed by atoms with Gasteiger partial charge in [0.25, 0.3) is 0 Å². The van der Waals surface area contributed by atoms with E-state index in [4.69, 9.17) is 9.47 Å². The molecule has 0 spiro atoms. The largest absolute Gasteiger partial charge is 0.497 e. The number of hydrogen-bond acceptors (Lipinski definition) is 2. The van der Waals surface area contributed by atoms with Crippen molar-refractivity contribution in [2.45, 2.75) is 63.7 Å². The van der Waals surface area contributed by atoms with Gasteiger partial charge in [-0.15, -0.1) is 0 Å². The molecule has 3 atom stereocenters. The smallest absolute Gasteiger partial charge is 0.122 e. The van der Waals surface area contributed by atoms with Gasteiger partial charge in [0.15, 0.2) is 0 Å². The predicted octanol–water partition coefficient (Wildman–Crippen LogP) is 6.27. The molecular weight excluding hydrogens is 332 g/mol. The number of benzene rings is 2. The molecule has 0 amide bonds. The van der Waals surface area contributed by atoms with Gasteiger partial charge in [-0.3, -0.25) is 0 Å². The van der Waals surface area contributed by atoms with Crippen LogP contribution in [-0.4, -0.2) is 14.2 Å². The number of ether oxygens (including phenoxy) is 2. The summed E-state index contributed by atoms with van der Waals surface area (Å²) in [4.78, 5) is 0. The SMILES string of the molecule is CCCc1cc2c(cc1OC)[C@@H]1CCCC[C@@H]1[C@H](c1ccc(OC)cc1)C2. The zero-order chi connectivity index (χ0) is 18.8. The first-order valence-electron chi connectivity index (χ1n) is 10.6. The van der Waals surface area contributed by atoms with Crippen LogP contribution in [0.3, 0.4) is 0 Å². The maximum absolute atomic E-state index is 5.77. The molecule has 2 aromatic carbocycles. The van der Waals surface area contributed by atoms with E-state index in [9.17, 15) is 0 Å². The monoisotopic (exact) mass is 364 g/mol. The van der Waals surface area contributed by atoms with Gasteiger partial charge in [0.1, 0.15) is 11.5 Å². The molecule has 0 bridgehead atoms. The highest BCUT2D eigenvalue weighted by molar-refractivity contribution is 5.48. The first-order valence-corrected chi connectivity index (χ1v) is 10.6. The molecule has 0 aliphatic heterocycles. The average molecular weight is 365 g/mol. The van der Waals surface area contributed by atoms with E-state index in [0.717, 1.165) is 36.7 Å². The van der Waals surface area contributed by atoms with Crippen molar-refractivity contribution in [3.63, 3.8) is 0 Å². The fourth-order valence-corrected chi connectivity index (χ4v) is 5.50. The molecule has 0 radical (unpaired) electrons. The van der Waals surface area contributed by atoms with E-state index < -0.39 is 0 Å². The third-order valence-corrected chi connectivity index (χ3v) is 6.78. The Morgan fingerprint density at radius 2 is 1.70 bits per heavy atom. The maximum atomic E-state index is 5.77. The van der Waals surface area contributed by atoms with Gasteiger partial charge in [0.05, 0.1) is 14.2 Å². The molecule has 2 aromatic rings. The van der Waals surface area contributed by atoms with Crippen LogP contribution in [0.4, 0.5) is 0 Å². The molecule has 144 valence electrons. The zero-order valence-electron chi connectivity index (χ0n) is 17.0. The van der Waals surface area contributed by atoms with Crippen molar-refractivity contribution in [3.05, 3.63) is 58.7 Å². The van der Waals surface area contributed by atoms with Crippen molar-refractivity contribution in [2.24, 2.45) is 5.92 Å². The summed E-state index contributed by atoms with van der Waals surface area (Å²) in [6.07, 6.45) is 8.80. The summed E-state index contributed by atoms with van der Waals surface area (Å²) in [6, 6.07) is 13.7. The minimum atomic E-state index is 0.622. The van der Waals surface area contributed by atoms with E-state index in [1.807, 2.05) is 7.11 Å². The van der Waals surface area contributed by atoms with Crippen LogP contribution < -0.4 is 9.47 Å². The van der Waals surface area contributed by atoms with Crippen molar-refractivity contribution < 1.29 is 9.47 Å². The fourth-order valence-electron chi connectivity index (χ4n) is 5.50. The second-order valence-electron chi connectivity index (χ2n) is 8.25. The quantitative estimate of drug-likeness (QED) is 0.622. The number of aryl methyl sites for hydroxylation is 1. The summed E-state index contributed by atoms with van der Waals surface area (Å²) in [7, 11) is 3.56. The van der Waals surface area contributed by atoms with Crippen LogP contribution in [0, 0.1) is 5.92 Å². The molecule has 1 fully saturated rings. The Labute approximate surface area is 163 Å². The second kappa shape index (κ2) is 7.96. The van der Waals surface area contributed by atoms with E-state index in [1.165, 1.54) is 36.8 Å². The molecule has 2 aliphatic carbocycles. The summed E-state index contributed by atoms with van der Waals surface area (Å²) in [5.41, 5.74) is 5.98. The minimum absolute atomic E-state index is 0.622. The molecule has 0 heterocycles. The van der Waals surface area contributed by atoms with Crippen molar-refractivity contribution >= 4 is 0 Å². The van der Waals surface area contributed by atoms with Crippen molar-refractivity contribution in [2.75, 3.05) is 14.2 Å². The van der Waals surface area contributed by atoms with E-state index in [0.29, 0.717) is 11.8 Å². The summed E-state index contributed by atoms with van der Waals surface area (Å²) in [5, 5.41) is 0. The Morgan fingerprint density at radius 3 is 2.41 bits per heavy atom. The lowest BCUT2D eigenvalue weighted by atomic mass is 9.61. The molecule has 2 heteroatoms. The molecular formula is C25H32O2. The highest BCUT2D eigenvalue weighted by Gasteiger charge is 2.39. The normalized spacial score (nSPS) is 24.0. The van der Waals surface area contributed by atoms with Gasteiger partial charge in [-0.05, 0) is 83.9 Å². The number of hydrogen-bond donors (Lipinski definition) is 0. The summed E-state index contributed by atoms with van der Waals surface area (Å²) in [6.45, 7) is 2.25. The first kappa shape index (κ1) is 18.4. The molecule has 2 aliphatic rings. The second-order valence-corrected chi connectivity index (χ2v) is 8.25. The lowest BCUT2D eigenvalue weighted by molar-refractivity contribution is 0.242. The highest BCUT2D eigenvalue weighted by Crippen LogP contribution is 2.52. The van der Waals surface area contributed by atoms with Gasteiger partial charge < -0.3 is 9.47 Å². The van der Waals surface area contributed by atoms with E-state index in [2.05, 4.69) is 43.3 Å². The molecule has 0 unspecified atom stereocenters. The van der Waals surface area contributed by atoms with Crippen LogP contribution in [0.1, 0.15) is 73.1 Å². The number of rotatable bonds is 5. The summed E-state index contributed by atoms with van der Waals surface area (Å²) in [5.74, 6) is 4.10. The number of methoxy groups -OCH3 is 2. The van der Waals surface area contributed by atoms with Crippen molar-refractivity contribution in [3.8, 4) is 11.5 Å². The van der Waals surface area contributed by atoms with Crippen LogP contribution in [0.2, 0.25) is 0 Å². The highest BCUT2D eigenvalue weighted by atomic mass is 16.5. The summed E-state index contributed by atoms with van der Waals surface area (Å²) >= 11 is 0. The Kier molecular flexibility index (Phi) is 5.43.